The first kappa shape index (κ1) is 15.0. The number of carboxylic acid groups (broad SMARTS) is 1. The number of amides is 1. The molecule has 1 atom stereocenters. The molecule has 0 fully saturated rings. The second-order valence-electron chi connectivity index (χ2n) is 5.63. The van der Waals surface area contributed by atoms with Gasteiger partial charge in [-0.2, -0.15) is 0 Å². The summed E-state index contributed by atoms with van der Waals surface area (Å²) in [5.41, 5.74) is 6.42. The van der Waals surface area contributed by atoms with E-state index in [1.807, 2.05) is 0 Å². The first-order chi connectivity index (χ1) is 8.70. The second kappa shape index (κ2) is 5.73. The van der Waals surface area contributed by atoms with Crippen LogP contribution in [-0.2, 0) is 16.0 Å². The topological polar surface area (TPSA) is 92.4 Å². The lowest BCUT2D eigenvalue weighted by Crippen LogP contribution is -2.49. The first-order valence-electron chi connectivity index (χ1n) is 6.07. The largest absolute Gasteiger partial charge is 0.480 e. The van der Waals surface area contributed by atoms with Gasteiger partial charge in [0.15, 0.2) is 0 Å². The average Bonchev–Trinajstić information content (AvgIpc) is 2.24. The van der Waals surface area contributed by atoms with Crippen LogP contribution in [-0.4, -0.2) is 23.0 Å². The summed E-state index contributed by atoms with van der Waals surface area (Å²) in [6.07, 6.45) is 0.116. The summed E-state index contributed by atoms with van der Waals surface area (Å²) in [6.45, 7) is 5.31. The molecule has 1 amide bonds. The van der Waals surface area contributed by atoms with E-state index < -0.39 is 17.4 Å². The number of carbonyl (C=O) groups is 2. The van der Waals surface area contributed by atoms with Crippen LogP contribution in [0.3, 0.4) is 0 Å². The minimum atomic E-state index is -1.03. The van der Waals surface area contributed by atoms with E-state index in [9.17, 15) is 9.59 Å². The van der Waals surface area contributed by atoms with Crippen molar-refractivity contribution in [1.82, 2.24) is 5.32 Å². The summed E-state index contributed by atoms with van der Waals surface area (Å²) in [4.78, 5) is 23.0. The molecule has 0 aromatic heterocycles. The zero-order chi connectivity index (χ0) is 14.6. The van der Waals surface area contributed by atoms with Gasteiger partial charge in [0.2, 0.25) is 5.91 Å². The van der Waals surface area contributed by atoms with Crippen LogP contribution in [0.25, 0.3) is 0 Å². The van der Waals surface area contributed by atoms with Crippen molar-refractivity contribution in [3.05, 3.63) is 29.8 Å². The Hall–Kier alpha value is -2.04. The fourth-order valence-corrected chi connectivity index (χ4v) is 1.75. The summed E-state index contributed by atoms with van der Waals surface area (Å²) in [5, 5.41) is 11.7. The zero-order valence-electron chi connectivity index (χ0n) is 11.4. The Bertz CT molecular complexity index is 478. The molecule has 0 heterocycles. The Morgan fingerprint density at radius 2 is 2.00 bits per heavy atom. The highest BCUT2D eigenvalue weighted by atomic mass is 16.4. The van der Waals surface area contributed by atoms with E-state index in [1.165, 1.54) is 0 Å². The minimum absolute atomic E-state index is 0.116. The van der Waals surface area contributed by atoms with Gasteiger partial charge in [0.05, 0.1) is 6.42 Å². The van der Waals surface area contributed by atoms with Gasteiger partial charge in [-0.1, -0.05) is 32.9 Å². The summed E-state index contributed by atoms with van der Waals surface area (Å²) < 4.78 is 0. The van der Waals surface area contributed by atoms with Crippen molar-refractivity contribution in [2.24, 2.45) is 5.41 Å². The molecule has 4 N–H and O–H groups in total. The molecule has 0 unspecified atom stereocenters. The van der Waals surface area contributed by atoms with Gasteiger partial charge in [0.1, 0.15) is 6.04 Å². The number of nitrogen functional groups attached to an aromatic ring is 1. The standard InChI is InChI=1S/C14H20N2O3/c1-14(2,3)12(13(18)19)16-11(17)8-9-5-4-6-10(15)7-9/h4-7,12H,8,15H2,1-3H3,(H,16,17)(H,18,19)/t12-/m1/s1. The third kappa shape index (κ3) is 4.62. The summed E-state index contributed by atoms with van der Waals surface area (Å²) in [6, 6.07) is 6.06. The van der Waals surface area contributed by atoms with Crippen molar-refractivity contribution >= 4 is 17.6 Å². The highest BCUT2D eigenvalue weighted by Crippen LogP contribution is 2.19. The molecular weight excluding hydrogens is 244 g/mol. The van der Waals surface area contributed by atoms with Crippen molar-refractivity contribution < 1.29 is 14.7 Å². The van der Waals surface area contributed by atoms with Crippen molar-refractivity contribution in [2.75, 3.05) is 5.73 Å². The van der Waals surface area contributed by atoms with Gasteiger partial charge in [0, 0.05) is 5.69 Å². The number of rotatable bonds is 4. The molecule has 0 bridgehead atoms. The summed E-state index contributed by atoms with van der Waals surface area (Å²) >= 11 is 0. The van der Waals surface area contributed by atoms with Gasteiger partial charge in [-0.05, 0) is 23.1 Å². The maximum atomic E-state index is 11.9. The lowest BCUT2D eigenvalue weighted by Gasteiger charge is -2.27. The lowest BCUT2D eigenvalue weighted by molar-refractivity contribution is -0.144. The smallest absolute Gasteiger partial charge is 0.326 e. The van der Waals surface area contributed by atoms with Gasteiger partial charge in [-0.3, -0.25) is 4.79 Å². The van der Waals surface area contributed by atoms with Crippen LogP contribution in [0.4, 0.5) is 5.69 Å². The highest BCUT2D eigenvalue weighted by molar-refractivity contribution is 5.85. The van der Waals surface area contributed by atoms with Crippen molar-refractivity contribution in [3.8, 4) is 0 Å². The second-order valence-corrected chi connectivity index (χ2v) is 5.63. The minimum Gasteiger partial charge on any atom is -0.480 e. The number of hydrogen-bond donors (Lipinski definition) is 3. The Balaban J connectivity index is 2.71. The average molecular weight is 264 g/mol. The molecule has 0 radical (unpaired) electrons. The van der Waals surface area contributed by atoms with Crippen LogP contribution in [0.2, 0.25) is 0 Å². The van der Waals surface area contributed by atoms with E-state index in [2.05, 4.69) is 5.32 Å². The number of nitrogens with two attached hydrogens (primary N) is 1. The van der Waals surface area contributed by atoms with Gasteiger partial charge in [-0.25, -0.2) is 4.79 Å². The molecule has 0 aliphatic carbocycles. The first-order valence-corrected chi connectivity index (χ1v) is 6.07. The van der Waals surface area contributed by atoms with Gasteiger partial charge in [0.25, 0.3) is 0 Å². The Labute approximate surface area is 112 Å². The van der Waals surface area contributed by atoms with Gasteiger partial charge < -0.3 is 16.2 Å². The molecule has 1 rings (SSSR count). The predicted octanol–water partition coefficient (Wildman–Crippen LogP) is 1.43. The molecule has 0 aliphatic heterocycles. The number of benzene rings is 1. The predicted molar refractivity (Wildman–Crippen MR) is 73.6 cm³/mol. The van der Waals surface area contributed by atoms with Gasteiger partial charge >= 0.3 is 5.97 Å². The molecule has 19 heavy (non-hydrogen) atoms. The molecular formula is C14H20N2O3. The fourth-order valence-electron chi connectivity index (χ4n) is 1.75. The monoisotopic (exact) mass is 264 g/mol. The Kier molecular flexibility index (Phi) is 4.53. The molecule has 0 spiro atoms. The highest BCUT2D eigenvalue weighted by Gasteiger charge is 2.32. The number of anilines is 1. The van der Waals surface area contributed by atoms with E-state index in [1.54, 1.807) is 45.0 Å². The molecule has 0 saturated heterocycles. The SMILES string of the molecule is CC(C)(C)[C@H](NC(=O)Cc1cccc(N)c1)C(=O)O. The number of carbonyl (C=O) groups excluding carboxylic acids is 1. The molecule has 0 aliphatic rings. The quantitative estimate of drug-likeness (QED) is 0.717. The third-order valence-electron chi connectivity index (χ3n) is 2.73. The normalized spacial score (nSPS) is 12.8. The fraction of sp³-hybridized carbons (Fsp3) is 0.429. The van der Waals surface area contributed by atoms with Crippen LogP contribution < -0.4 is 11.1 Å². The number of nitrogens with one attached hydrogen (secondary N) is 1. The summed E-state index contributed by atoms with van der Waals surface area (Å²) in [5.74, 6) is -1.36. The van der Waals surface area contributed by atoms with Crippen LogP contribution in [0.5, 0.6) is 0 Å². The third-order valence-corrected chi connectivity index (χ3v) is 2.73. The van der Waals surface area contributed by atoms with E-state index in [4.69, 9.17) is 10.8 Å². The van der Waals surface area contributed by atoms with Crippen molar-refractivity contribution in [3.63, 3.8) is 0 Å². The molecule has 104 valence electrons. The van der Waals surface area contributed by atoms with E-state index in [-0.39, 0.29) is 12.3 Å². The maximum absolute atomic E-state index is 11.9. The van der Waals surface area contributed by atoms with Crippen molar-refractivity contribution in [2.45, 2.75) is 33.2 Å². The Morgan fingerprint density at radius 3 is 2.47 bits per heavy atom. The zero-order valence-corrected chi connectivity index (χ0v) is 11.4. The van der Waals surface area contributed by atoms with E-state index in [0.29, 0.717) is 5.69 Å². The molecule has 5 heteroatoms. The van der Waals surface area contributed by atoms with E-state index in [0.717, 1.165) is 5.56 Å². The van der Waals surface area contributed by atoms with Crippen LogP contribution in [0.15, 0.2) is 24.3 Å². The van der Waals surface area contributed by atoms with Crippen molar-refractivity contribution in [1.29, 1.82) is 0 Å². The van der Waals surface area contributed by atoms with Crippen LogP contribution in [0, 0.1) is 5.41 Å². The van der Waals surface area contributed by atoms with E-state index >= 15 is 0 Å². The number of hydrogen-bond acceptors (Lipinski definition) is 3. The lowest BCUT2D eigenvalue weighted by atomic mass is 9.86. The van der Waals surface area contributed by atoms with Crippen LogP contribution >= 0.6 is 0 Å². The molecule has 5 nitrogen and oxygen atoms in total. The Morgan fingerprint density at radius 1 is 1.37 bits per heavy atom. The summed E-state index contributed by atoms with van der Waals surface area (Å²) in [7, 11) is 0. The molecule has 1 aromatic rings. The van der Waals surface area contributed by atoms with Crippen LogP contribution in [0.1, 0.15) is 26.3 Å². The number of aliphatic carboxylic acids is 1. The maximum Gasteiger partial charge on any atom is 0.326 e. The molecule has 0 saturated carbocycles. The number of carboxylic acids is 1. The van der Waals surface area contributed by atoms with Gasteiger partial charge in [-0.15, -0.1) is 0 Å². The molecule has 1 aromatic carbocycles.